The summed E-state index contributed by atoms with van der Waals surface area (Å²) in [6.07, 6.45) is 3.30. The van der Waals surface area contributed by atoms with Crippen LogP contribution in [0.25, 0.3) is 0 Å². The minimum absolute atomic E-state index is 0.164. The monoisotopic (exact) mass is 213 g/mol. The summed E-state index contributed by atoms with van der Waals surface area (Å²) in [5, 5.41) is 3.24. The summed E-state index contributed by atoms with van der Waals surface area (Å²) >= 11 is 0. The number of ether oxygens (including phenoxy) is 2. The van der Waals surface area contributed by atoms with E-state index in [9.17, 15) is 0 Å². The van der Waals surface area contributed by atoms with Gasteiger partial charge >= 0.3 is 0 Å². The van der Waals surface area contributed by atoms with Crippen LogP contribution in [0, 0.1) is 0 Å². The van der Waals surface area contributed by atoms with E-state index in [0.29, 0.717) is 19.8 Å². The molecule has 0 atom stereocenters. The molecule has 0 aliphatic carbocycles. The largest absolute Gasteiger partial charge is 0.352 e. The zero-order valence-electron chi connectivity index (χ0n) is 9.32. The SMILES string of the molecule is CCOC(CNCc1cnc[nH]1)OCC. The molecule has 0 aliphatic heterocycles. The van der Waals surface area contributed by atoms with Crippen LogP contribution >= 0.6 is 0 Å². The van der Waals surface area contributed by atoms with Crippen LogP contribution in [0.15, 0.2) is 12.5 Å². The Morgan fingerprint density at radius 2 is 2.13 bits per heavy atom. The molecule has 0 radical (unpaired) electrons. The summed E-state index contributed by atoms with van der Waals surface area (Å²) in [6, 6.07) is 0. The summed E-state index contributed by atoms with van der Waals surface area (Å²) in [5.41, 5.74) is 1.06. The molecule has 0 aliphatic rings. The van der Waals surface area contributed by atoms with Crippen molar-refractivity contribution in [1.29, 1.82) is 0 Å². The predicted molar refractivity (Wildman–Crippen MR) is 57.3 cm³/mol. The second kappa shape index (κ2) is 7.39. The van der Waals surface area contributed by atoms with Gasteiger partial charge in [-0.1, -0.05) is 0 Å². The third-order valence-corrected chi connectivity index (χ3v) is 1.89. The second-order valence-electron chi connectivity index (χ2n) is 3.05. The Bertz CT molecular complexity index is 233. The first kappa shape index (κ1) is 12.2. The first-order chi connectivity index (χ1) is 7.36. The topological polar surface area (TPSA) is 59.2 Å². The number of nitrogens with one attached hydrogen (secondary N) is 2. The molecule has 5 heteroatoms. The molecule has 2 N–H and O–H groups in total. The zero-order valence-corrected chi connectivity index (χ0v) is 9.32. The first-order valence-electron chi connectivity index (χ1n) is 5.28. The summed E-state index contributed by atoms with van der Waals surface area (Å²) in [6.45, 7) is 6.67. The normalized spacial score (nSPS) is 11.1. The molecule has 0 aromatic carbocycles. The van der Waals surface area contributed by atoms with Gasteiger partial charge in [-0.25, -0.2) is 4.98 Å². The first-order valence-corrected chi connectivity index (χ1v) is 5.28. The van der Waals surface area contributed by atoms with E-state index in [4.69, 9.17) is 9.47 Å². The van der Waals surface area contributed by atoms with Crippen molar-refractivity contribution in [2.24, 2.45) is 0 Å². The Kier molecular flexibility index (Phi) is 5.99. The summed E-state index contributed by atoms with van der Waals surface area (Å²) in [5.74, 6) is 0. The quantitative estimate of drug-likeness (QED) is 0.630. The highest BCUT2D eigenvalue weighted by Gasteiger charge is 2.06. The van der Waals surface area contributed by atoms with Crippen molar-refractivity contribution < 1.29 is 9.47 Å². The van der Waals surface area contributed by atoms with E-state index in [-0.39, 0.29) is 6.29 Å². The number of aromatic nitrogens is 2. The van der Waals surface area contributed by atoms with Gasteiger partial charge in [0.1, 0.15) is 0 Å². The maximum absolute atomic E-state index is 5.39. The smallest absolute Gasteiger partial charge is 0.169 e. The molecular formula is C10H19N3O2. The number of nitrogens with zero attached hydrogens (tertiary/aromatic N) is 1. The molecule has 1 rings (SSSR count). The highest BCUT2D eigenvalue weighted by molar-refractivity contribution is 4.92. The number of aromatic amines is 1. The van der Waals surface area contributed by atoms with E-state index in [1.54, 1.807) is 12.5 Å². The number of hydrogen-bond acceptors (Lipinski definition) is 4. The lowest BCUT2D eigenvalue weighted by Gasteiger charge is -2.17. The molecule has 86 valence electrons. The van der Waals surface area contributed by atoms with Crippen molar-refractivity contribution in [3.63, 3.8) is 0 Å². The highest BCUT2D eigenvalue weighted by atomic mass is 16.7. The van der Waals surface area contributed by atoms with Gasteiger partial charge in [-0.2, -0.15) is 0 Å². The second-order valence-corrected chi connectivity index (χ2v) is 3.05. The lowest BCUT2D eigenvalue weighted by atomic mass is 10.4. The van der Waals surface area contributed by atoms with Crippen LogP contribution in [0.2, 0.25) is 0 Å². The maximum atomic E-state index is 5.39. The van der Waals surface area contributed by atoms with E-state index in [1.807, 2.05) is 13.8 Å². The van der Waals surface area contributed by atoms with Gasteiger partial charge in [0, 0.05) is 38.2 Å². The van der Waals surface area contributed by atoms with Gasteiger partial charge in [-0.05, 0) is 13.8 Å². The van der Waals surface area contributed by atoms with Crippen LogP contribution < -0.4 is 5.32 Å². The minimum Gasteiger partial charge on any atom is -0.352 e. The molecule has 0 bridgehead atoms. The van der Waals surface area contributed by atoms with Gasteiger partial charge in [-0.3, -0.25) is 0 Å². The van der Waals surface area contributed by atoms with Crippen molar-refractivity contribution >= 4 is 0 Å². The predicted octanol–water partition coefficient (Wildman–Crippen LogP) is 0.898. The fourth-order valence-electron chi connectivity index (χ4n) is 1.24. The lowest BCUT2D eigenvalue weighted by Crippen LogP contribution is -2.31. The maximum Gasteiger partial charge on any atom is 0.169 e. The lowest BCUT2D eigenvalue weighted by molar-refractivity contribution is -0.133. The third-order valence-electron chi connectivity index (χ3n) is 1.89. The summed E-state index contributed by atoms with van der Waals surface area (Å²) in [7, 11) is 0. The van der Waals surface area contributed by atoms with Gasteiger partial charge in [0.15, 0.2) is 6.29 Å². The molecule has 5 nitrogen and oxygen atoms in total. The fourth-order valence-corrected chi connectivity index (χ4v) is 1.24. The van der Waals surface area contributed by atoms with Crippen molar-refractivity contribution in [2.75, 3.05) is 19.8 Å². The van der Waals surface area contributed by atoms with E-state index in [1.165, 1.54) is 0 Å². The number of hydrogen-bond donors (Lipinski definition) is 2. The van der Waals surface area contributed by atoms with Crippen LogP contribution in [-0.4, -0.2) is 36.0 Å². The Morgan fingerprint density at radius 1 is 1.40 bits per heavy atom. The van der Waals surface area contributed by atoms with E-state index >= 15 is 0 Å². The molecule has 0 saturated carbocycles. The Hall–Kier alpha value is -0.910. The molecule has 15 heavy (non-hydrogen) atoms. The van der Waals surface area contributed by atoms with E-state index < -0.39 is 0 Å². The average molecular weight is 213 g/mol. The Balaban J connectivity index is 2.15. The van der Waals surface area contributed by atoms with Crippen molar-refractivity contribution in [2.45, 2.75) is 26.7 Å². The van der Waals surface area contributed by atoms with E-state index in [2.05, 4.69) is 15.3 Å². The third kappa shape index (κ3) is 4.92. The summed E-state index contributed by atoms with van der Waals surface area (Å²) in [4.78, 5) is 6.95. The molecule has 0 saturated heterocycles. The van der Waals surface area contributed by atoms with Gasteiger partial charge in [0.05, 0.1) is 6.33 Å². The number of imidazole rings is 1. The zero-order chi connectivity index (χ0) is 10.9. The standard InChI is InChI=1S/C10H19N3O2/c1-3-14-10(15-4-2)7-11-5-9-6-12-8-13-9/h6,8,10-11H,3-5,7H2,1-2H3,(H,12,13). The minimum atomic E-state index is -0.164. The van der Waals surface area contributed by atoms with Gasteiger partial charge in [-0.15, -0.1) is 0 Å². The molecule has 0 fully saturated rings. The van der Waals surface area contributed by atoms with Crippen LogP contribution in [0.4, 0.5) is 0 Å². The van der Waals surface area contributed by atoms with Crippen molar-refractivity contribution in [3.8, 4) is 0 Å². The van der Waals surface area contributed by atoms with Gasteiger partial charge in [0.2, 0.25) is 0 Å². The van der Waals surface area contributed by atoms with Gasteiger partial charge < -0.3 is 19.8 Å². The number of H-pyrrole nitrogens is 1. The Morgan fingerprint density at radius 3 is 2.67 bits per heavy atom. The molecule has 1 heterocycles. The van der Waals surface area contributed by atoms with Crippen molar-refractivity contribution in [1.82, 2.24) is 15.3 Å². The van der Waals surface area contributed by atoms with Gasteiger partial charge in [0.25, 0.3) is 0 Å². The van der Waals surface area contributed by atoms with Crippen LogP contribution in [-0.2, 0) is 16.0 Å². The highest BCUT2D eigenvalue weighted by Crippen LogP contribution is 1.95. The Labute approximate surface area is 90.2 Å². The molecule has 1 aromatic heterocycles. The fraction of sp³-hybridized carbons (Fsp3) is 0.700. The molecule has 0 amide bonds. The van der Waals surface area contributed by atoms with Crippen LogP contribution in [0.5, 0.6) is 0 Å². The van der Waals surface area contributed by atoms with E-state index in [0.717, 1.165) is 12.2 Å². The van der Waals surface area contributed by atoms with Crippen LogP contribution in [0.3, 0.4) is 0 Å². The molecule has 0 spiro atoms. The summed E-state index contributed by atoms with van der Waals surface area (Å²) < 4.78 is 10.8. The van der Waals surface area contributed by atoms with Crippen LogP contribution in [0.1, 0.15) is 19.5 Å². The number of rotatable bonds is 8. The molecule has 0 unspecified atom stereocenters. The average Bonchev–Trinajstić information content (AvgIpc) is 2.71. The molecule has 1 aromatic rings. The van der Waals surface area contributed by atoms with Crippen molar-refractivity contribution in [3.05, 3.63) is 18.2 Å². The molecular weight excluding hydrogens is 194 g/mol.